The third-order valence-electron chi connectivity index (χ3n) is 1.97. The molecule has 0 fully saturated rings. The first-order chi connectivity index (χ1) is 7.68. The monoisotopic (exact) mass is 292 g/mol. The first-order valence-corrected chi connectivity index (χ1v) is 5.79. The van der Waals surface area contributed by atoms with Crippen LogP contribution in [0, 0.1) is 0 Å². The van der Waals surface area contributed by atoms with Gasteiger partial charge < -0.3 is 0 Å². The fourth-order valence-electron chi connectivity index (χ4n) is 1.24. The average Bonchev–Trinajstić information content (AvgIpc) is 2.29. The predicted octanol–water partition coefficient (Wildman–Crippen LogP) is 1.15. The van der Waals surface area contributed by atoms with E-state index in [1.54, 1.807) is 24.4 Å². The molecule has 5 heteroatoms. The molecular formula is C11H6AsClN2O. The van der Waals surface area contributed by atoms with Gasteiger partial charge in [0.2, 0.25) is 0 Å². The standard InChI is InChI=1S/C11H6AsClN2O/c12-9-4-8(13)6-15-10(9)11(16)7-2-1-3-14-5-7/h1-6H. The average molecular weight is 293 g/mol. The van der Waals surface area contributed by atoms with Gasteiger partial charge in [-0.25, -0.2) is 0 Å². The second-order valence-corrected chi connectivity index (χ2v) is 4.54. The molecule has 0 amide bonds. The third kappa shape index (κ3) is 2.31. The van der Waals surface area contributed by atoms with Crippen LogP contribution in [0.25, 0.3) is 0 Å². The molecule has 16 heavy (non-hydrogen) atoms. The number of ketones is 1. The van der Waals surface area contributed by atoms with Gasteiger partial charge in [-0.15, -0.1) is 0 Å². The van der Waals surface area contributed by atoms with Gasteiger partial charge in [-0.3, -0.25) is 0 Å². The number of rotatable bonds is 2. The van der Waals surface area contributed by atoms with Gasteiger partial charge in [-0.1, -0.05) is 0 Å². The Hall–Kier alpha value is -1.18. The van der Waals surface area contributed by atoms with Crippen LogP contribution in [-0.2, 0) is 0 Å². The van der Waals surface area contributed by atoms with Crippen LogP contribution in [0.3, 0.4) is 0 Å². The molecule has 0 aromatic carbocycles. The number of carbonyl (C=O) groups is 1. The normalized spacial score (nSPS) is 10.1. The maximum absolute atomic E-state index is 12.0. The summed E-state index contributed by atoms with van der Waals surface area (Å²) in [5.74, 6) is -0.152. The molecular weight excluding hydrogens is 287 g/mol. The van der Waals surface area contributed by atoms with Crippen molar-refractivity contribution in [1.29, 1.82) is 0 Å². The van der Waals surface area contributed by atoms with Crippen molar-refractivity contribution in [3.63, 3.8) is 0 Å². The van der Waals surface area contributed by atoms with Crippen molar-refractivity contribution in [2.24, 2.45) is 0 Å². The molecule has 2 radical (unpaired) electrons. The molecule has 2 rings (SSSR count). The summed E-state index contributed by atoms with van der Waals surface area (Å²) in [4.78, 5) is 20.0. The van der Waals surface area contributed by atoms with Crippen molar-refractivity contribution in [2.75, 3.05) is 0 Å². The SMILES string of the molecule is O=C(c1cccnc1)c1ncc(Cl)cc1[As]. The number of aromatic nitrogens is 2. The zero-order chi connectivity index (χ0) is 11.5. The Morgan fingerprint density at radius 3 is 2.81 bits per heavy atom. The third-order valence-corrected chi connectivity index (χ3v) is 2.89. The van der Waals surface area contributed by atoms with E-state index in [-0.39, 0.29) is 5.78 Å². The summed E-state index contributed by atoms with van der Waals surface area (Å²) in [6, 6.07) is 5.11. The molecule has 78 valence electrons. The molecule has 3 nitrogen and oxygen atoms in total. The summed E-state index contributed by atoms with van der Waals surface area (Å²) < 4.78 is 0.703. The van der Waals surface area contributed by atoms with Crippen molar-refractivity contribution in [1.82, 2.24) is 9.97 Å². The molecule has 0 aliphatic carbocycles. The molecule has 2 heterocycles. The van der Waals surface area contributed by atoms with E-state index < -0.39 is 0 Å². The van der Waals surface area contributed by atoms with Gasteiger partial charge in [0.1, 0.15) is 0 Å². The fourth-order valence-corrected chi connectivity index (χ4v) is 2.19. The van der Waals surface area contributed by atoms with Crippen LogP contribution < -0.4 is 4.35 Å². The minimum atomic E-state index is -0.152. The van der Waals surface area contributed by atoms with Crippen LogP contribution in [0.2, 0.25) is 5.02 Å². The molecule has 0 saturated heterocycles. The van der Waals surface area contributed by atoms with Gasteiger partial charge in [0.05, 0.1) is 0 Å². The van der Waals surface area contributed by atoms with Gasteiger partial charge in [0.15, 0.2) is 0 Å². The number of pyridine rings is 2. The molecule has 0 atom stereocenters. The summed E-state index contributed by atoms with van der Waals surface area (Å²) in [6.45, 7) is 0. The van der Waals surface area contributed by atoms with E-state index in [1.165, 1.54) is 12.4 Å². The first-order valence-electron chi connectivity index (χ1n) is 4.47. The topological polar surface area (TPSA) is 42.9 Å². The van der Waals surface area contributed by atoms with Gasteiger partial charge in [-0.05, 0) is 0 Å². The van der Waals surface area contributed by atoms with Gasteiger partial charge in [-0.2, -0.15) is 0 Å². The van der Waals surface area contributed by atoms with E-state index in [9.17, 15) is 4.79 Å². The number of nitrogens with zero attached hydrogens (tertiary/aromatic N) is 2. The Morgan fingerprint density at radius 2 is 2.19 bits per heavy atom. The summed E-state index contributed by atoms with van der Waals surface area (Å²) in [5, 5.41) is 0.512. The fraction of sp³-hybridized carbons (Fsp3) is 0. The Kier molecular flexibility index (Phi) is 3.37. The Morgan fingerprint density at radius 1 is 1.38 bits per heavy atom. The van der Waals surface area contributed by atoms with Gasteiger partial charge >= 0.3 is 106 Å². The van der Waals surface area contributed by atoms with Crippen LogP contribution in [0.4, 0.5) is 0 Å². The summed E-state index contributed by atoms with van der Waals surface area (Å²) in [6.07, 6.45) is 4.60. The van der Waals surface area contributed by atoms with E-state index in [2.05, 4.69) is 26.8 Å². The second kappa shape index (κ2) is 4.77. The Labute approximate surface area is 106 Å². The Bertz CT molecular complexity index is 531. The summed E-state index contributed by atoms with van der Waals surface area (Å²) >= 11 is 8.06. The zero-order valence-electron chi connectivity index (χ0n) is 8.09. The van der Waals surface area contributed by atoms with Crippen LogP contribution in [0.1, 0.15) is 16.1 Å². The van der Waals surface area contributed by atoms with E-state index >= 15 is 0 Å². The first kappa shape index (κ1) is 11.3. The summed E-state index contributed by atoms with van der Waals surface area (Å²) in [5.41, 5.74) is 0.905. The van der Waals surface area contributed by atoms with Crippen molar-refractivity contribution in [2.45, 2.75) is 0 Å². The van der Waals surface area contributed by atoms with E-state index in [0.717, 1.165) is 0 Å². The van der Waals surface area contributed by atoms with Crippen LogP contribution in [0.5, 0.6) is 0 Å². The van der Waals surface area contributed by atoms with E-state index in [0.29, 0.717) is 20.6 Å². The molecule has 0 saturated carbocycles. The van der Waals surface area contributed by atoms with Gasteiger partial charge in [0.25, 0.3) is 0 Å². The van der Waals surface area contributed by atoms with Crippen molar-refractivity contribution < 1.29 is 4.79 Å². The van der Waals surface area contributed by atoms with Gasteiger partial charge in [0, 0.05) is 0 Å². The quantitative estimate of drug-likeness (QED) is 0.616. The molecule has 0 unspecified atom stereocenters. The zero-order valence-corrected chi connectivity index (χ0v) is 10.7. The van der Waals surface area contributed by atoms with Crippen LogP contribution >= 0.6 is 11.6 Å². The predicted molar refractivity (Wildman–Crippen MR) is 62.3 cm³/mol. The second-order valence-electron chi connectivity index (χ2n) is 3.09. The molecule has 0 aliphatic heterocycles. The van der Waals surface area contributed by atoms with Crippen LogP contribution in [0.15, 0.2) is 36.8 Å². The van der Waals surface area contributed by atoms with Crippen molar-refractivity contribution in [3.8, 4) is 0 Å². The van der Waals surface area contributed by atoms with Crippen LogP contribution in [-0.4, -0.2) is 32.6 Å². The molecule has 0 N–H and O–H groups in total. The number of carbonyl (C=O) groups excluding carboxylic acids is 1. The number of halogens is 1. The minimum absolute atomic E-state index is 0.152. The van der Waals surface area contributed by atoms with Crippen molar-refractivity contribution >= 4 is 38.6 Å². The molecule has 2 aromatic rings. The number of hydrogen-bond donors (Lipinski definition) is 0. The van der Waals surface area contributed by atoms with Crippen molar-refractivity contribution in [3.05, 3.63) is 53.1 Å². The summed E-state index contributed by atoms with van der Waals surface area (Å²) in [7, 11) is 0. The van der Waals surface area contributed by atoms with E-state index in [1.807, 2.05) is 0 Å². The van der Waals surface area contributed by atoms with E-state index in [4.69, 9.17) is 11.6 Å². The molecule has 0 aliphatic rings. The molecule has 0 bridgehead atoms. The number of hydrogen-bond acceptors (Lipinski definition) is 3. The Balaban J connectivity index is 2.42. The maximum atomic E-state index is 12.0. The molecule has 0 spiro atoms. The molecule has 2 aromatic heterocycles.